The van der Waals surface area contributed by atoms with E-state index in [4.69, 9.17) is 17.3 Å². The molecule has 2 aromatic rings. The predicted molar refractivity (Wildman–Crippen MR) is 86.1 cm³/mol. The van der Waals surface area contributed by atoms with Crippen molar-refractivity contribution in [1.82, 2.24) is 5.32 Å². The van der Waals surface area contributed by atoms with Crippen molar-refractivity contribution < 1.29 is 4.79 Å². The smallest absolute Gasteiger partial charge is 0.241 e. The Morgan fingerprint density at radius 1 is 1.14 bits per heavy atom. The van der Waals surface area contributed by atoms with Gasteiger partial charge in [-0.05, 0) is 31.0 Å². The molecule has 0 bridgehead atoms. The minimum atomic E-state index is -0.685. The fraction of sp³-hybridized carbons (Fsp3) is 0.235. The number of benzene rings is 2. The van der Waals surface area contributed by atoms with Crippen LogP contribution in [0.3, 0.4) is 0 Å². The summed E-state index contributed by atoms with van der Waals surface area (Å²) in [6.45, 7) is 3.88. The molecular weight excluding hydrogens is 284 g/mol. The maximum absolute atomic E-state index is 12.2. The Bertz CT molecular complexity index is 625. The molecule has 3 nitrogen and oxygen atoms in total. The number of rotatable bonds is 4. The van der Waals surface area contributed by atoms with E-state index < -0.39 is 6.04 Å². The van der Waals surface area contributed by atoms with Crippen molar-refractivity contribution in [3.8, 4) is 0 Å². The summed E-state index contributed by atoms with van der Waals surface area (Å²) < 4.78 is 0. The van der Waals surface area contributed by atoms with Gasteiger partial charge in [0.05, 0.1) is 6.04 Å². The molecule has 0 aliphatic carbocycles. The zero-order valence-electron chi connectivity index (χ0n) is 12.1. The SMILES string of the molecule is Cc1ccc(C(N)C(=O)N[C@@H](C)c2ccccc2Cl)cc1. The van der Waals surface area contributed by atoms with Crippen LogP contribution in [0.1, 0.15) is 35.7 Å². The number of halogens is 1. The van der Waals surface area contributed by atoms with E-state index in [-0.39, 0.29) is 11.9 Å². The highest BCUT2D eigenvalue weighted by Crippen LogP contribution is 2.23. The second kappa shape index (κ2) is 6.74. The van der Waals surface area contributed by atoms with E-state index in [1.54, 1.807) is 6.07 Å². The van der Waals surface area contributed by atoms with Crippen LogP contribution >= 0.6 is 11.6 Å². The molecule has 3 N–H and O–H groups in total. The molecule has 110 valence electrons. The van der Waals surface area contributed by atoms with E-state index in [2.05, 4.69) is 5.32 Å². The van der Waals surface area contributed by atoms with E-state index in [1.807, 2.05) is 56.3 Å². The molecule has 0 saturated carbocycles. The lowest BCUT2D eigenvalue weighted by Crippen LogP contribution is -2.35. The Balaban J connectivity index is 2.07. The fourth-order valence-corrected chi connectivity index (χ4v) is 2.43. The fourth-order valence-electron chi connectivity index (χ4n) is 2.13. The van der Waals surface area contributed by atoms with Gasteiger partial charge in [-0.3, -0.25) is 4.79 Å². The minimum Gasteiger partial charge on any atom is -0.348 e. The van der Waals surface area contributed by atoms with Gasteiger partial charge < -0.3 is 11.1 Å². The molecule has 0 spiro atoms. The van der Waals surface area contributed by atoms with Gasteiger partial charge in [0, 0.05) is 5.02 Å². The molecule has 0 aromatic heterocycles. The number of hydrogen-bond acceptors (Lipinski definition) is 2. The molecule has 1 unspecified atom stereocenters. The van der Waals surface area contributed by atoms with Gasteiger partial charge in [0.2, 0.25) is 5.91 Å². The Labute approximate surface area is 130 Å². The highest BCUT2D eigenvalue weighted by Gasteiger charge is 2.19. The number of amides is 1. The minimum absolute atomic E-state index is 0.192. The molecule has 0 fully saturated rings. The molecule has 2 rings (SSSR count). The second-order valence-electron chi connectivity index (χ2n) is 5.14. The van der Waals surface area contributed by atoms with Crippen LogP contribution in [0.4, 0.5) is 0 Å². The number of aryl methyl sites for hydroxylation is 1. The van der Waals surface area contributed by atoms with Crippen LogP contribution < -0.4 is 11.1 Å². The zero-order chi connectivity index (χ0) is 15.4. The van der Waals surface area contributed by atoms with Gasteiger partial charge in [0.1, 0.15) is 6.04 Å². The van der Waals surface area contributed by atoms with Crippen LogP contribution in [0.15, 0.2) is 48.5 Å². The Morgan fingerprint density at radius 3 is 2.38 bits per heavy atom. The normalized spacial score (nSPS) is 13.5. The summed E-state index contributed by atoms with van der Waals surface area (Å²) >= 11 is 6.13. The van der Waals surface area contributed by atoms with Crippen LogP contribution in [0.2, 0.25) is 5.02 Å². The zero-order valence-corrected chi connectivity index (χ0v) is 12.9. The van der Waals surface area contributed by atoms with E-state index in [0.29, 0.717) is 5.02 Å². The van der Waals surface area contributed by atoms with Gasteiger partial charge in [0.15, 0.2) is 0 Å². The number of nitrogens with one attached hydrogen (secondary N) is 1. The highest BCUT2D eigenvalue weighted by molar-refractivity contribution is 6.31. The number of nitrogens with two attached hydrogens (primary N) is 1. The van der Waals surface area contributed by atoms with Crippen molar-refractivity contribution in [2.24, 2.45) is 5.73 Å². The third-order valence-electron chi connectivity index (χ3n) is 3.45. The molecule has 0 saturated heterocycles. The second-order valence-corrected chi connectivity index (χ2v) is 5.55. The van der Waals surface area contributed by atoms with Crippen molar-refractivity contribution in [1.29, 1.82) is 0 Å². The van der Waals surface area contributed by atoms with Gasteiger partial charge in [0.25, 0.3) is 0 Å². The van der Waals surface area contributed by atoms with Gasteiger partial charge in [-0.15, -0.1) is 0 Å². The summed E-state index contributed by atoms with van der Waals surface area (Å²) in [6, 6.07) is 14.2. The maximum Gasteiger partial charge on any atom is 0.241 e. The maximum atomic E-state index is 12.2. The van der Waals surface area contributed by atoms with Crippen LogP contribution in [0.5, 0.6) is 0 Å². The monoisotopic (exact) mass is 302 g/mol. The van der Waals surface area contributed by atoms with Gasteiger partial charge in [-0.2, -0.15) is 0 Å². The predicted octanol–water partition coefficient (Wildman–Crippen LogP) is 3.53. The largest absolute Gasteiger partial charge is 0.348 e. The molecule has 0 heterocycles. The Hall–Kier alpha value is -1.84. The average Bonchev–Trinajstić information content (AvgIpc) is 2.47. The first-order chi connectivity index (χ1) is 9.99. The lowest BCUT2D eigenvalue weighted by molar-refractivity contribution is -0.123. The number of carbonyl (C=O) groups is 1. The van der Waals surface area contributed by atoms with Crippen molar-refractivity contribution in [2.75, 3.05) is 0 Å². The van der Waals surface area contributed by atoms with Gasteiger partial charge in [-0.25, -0.2) is 0 Å². The van der Waals surface area contributed by atoms with Crippen molar-refractivity contribution in [2.45, 2.75) is 25.9 Å². The molecule has 2 atom stereocenters. The van der Waals surface area contributed by atoms with Gasteiger partial charge >= 0.3 is 0 Å². The summed E-state index contributed by atoms with van der Waals surface area (Å²) in [5.41, 5.74) is 8.82. The summed E-state index contributed by atoms with van der Waals surface area (Å²) in [5, 5.41) is 3.54. The number of carbonyl (C=O) groups excluding carboxylic acids is 1. The summed E-state index contributed by atoms with van der Waals surface area (Å²) in [4.78, 5) is 12.2. The van der Waals surface area contributed by atoms with E-state index in [0.717, 1.165) is 16.7 Å². The van der Waals surface area contributed by atoms with E-state index in [1.165, 1.54) is 0 Å². The third-order valence-corrected chi connectivity index (χ3v) is 3.79. The molecule has 0 radical (unpaired) electrons. The first kappa shape index (κ1) is 15.5. The lowest BCUT2D eigenvalue weighted by atomic mass is 10.0. The molecule has 0 aliphatic rings. The van der Waals surface area contributed by atoms with Crippen molar-refractivity contribution in [3.63, 3.8) is 0 Å². The van der Waals surface area contributed by atoms with Crippen molar-refractivity contribution in [3.05, 3.63) is 70.2 Å². The standard InChI is InChI=1S/C17H19ClN2O/c1-11-7-9-13(10-8-11)16(19)17(21)20-12(2)14-5-3-4-6-15(14)18/h3-10,12,16H,19H2,1-2H3,(H,20,21)/t12-,16?/m0/s1. The Kier molecular flexibility index (Phi) is 4.99. The summed E-state index contributed by atoms with van der Waals surface area (Å²) in [6.07, 6.45) is 0. The highest BCUT2D eigenvalue weighted by atomic mass is 35.5. The molecule has 1 amide bonds. The topological polar surface area (TPSA) is 55.1 Å². The molecule has 21 heavy (non-hydrogen) atoms. The first-order valence-corrected chi connectivity index (χ1v) is 7.24. The average molecular weight is 303 g/mol. The van der Waals surface area contributed by atoms with Crippen molar-refractivity contribution >= 4 is 17.5 Å². The van der Waals surface area contributed by atoms with Crippen LogP contribution in [0, 0.1) is 6.92 Å². The molecule has 0 aliphatic heterocycles. The van der Waals surface area contributed by atoms with Crippen LogP contribution in [-0.2, 0) is 4.79 Å². The lowest BCUT2D eigenvalue weighted by Gasteiger charge is -2.19. The van der Waals surface area contributed by atoms with Crippen LogP contribution in [-0.4, -0.2) is 5.91 Å². The number of hydrogen-bond donors (Lipinski definition) is 2. The molecule has 2 aromatic carbocycles. The first-order valence-electron chi connectivity index (χ1n) is 6.86. The van der Waals surface area contributed by atoms with E-state index >= 15 is 0 Å². The molecule has 4 heteroatoms. The summed E-state index contributed by atoms with van der Waals surface area (Å²) in [5.74, 6) is -0.216. The van der Waals surface area contributed by atoms with Crippen LogP contribution in [0.25, 0.3) is 0 Å². The quantitative estimate of drug-likeness (QED) is 0.908. The summed E-state index contributed by atoms with van der Waals surface area (Å²) in [7, 11) is 0. The van der Waals surface area contributed by atoms with Gasteiger partial charge in [-0.1, -0.05) is 59.6 Å². The third kappa shape index (κ3) is 3.84. The Morgan fingerprint density at radius 2 is 1.76 bits per heavy atom. The van der Waals surface area contributed by atoms with E-state index in [9.17, 15) is 4.79 Å². The molecular formula is C17H19ClN2O.